The quantitative estimate of drug-likeness (QED) is 0.694. The van der Waals surface area contributed by atoms with Crippen LogP contribution in [-0.4, -0.2) is 43.8 Å². The van der Waals surface area contributed by atoms with Gasteiger partial charge in [0.05, 0.1) is 0 Å². The van der Waals surface area contributed by atoms with Crippen molar-refractivity contribution >= 4 is 12.0 Å². The maximum absolute atomic E-state index is 11.5. The van der Waals surface area contributed by atoms with Crippen LogP contribution < -0.4 is 16.0 Å². The molecule has 0 saturated carbocycles. The Morgan fingerprint density at radius 2 is 2.45 bits per heavy atom. The Hall–Kier alpha value is -2.09. The van der Waals surface area contributed by atoms with Crippen LogP contribution in [0.1, 0.15) is 22.7 Å². The van der Waals surface area contributed by atoms with Gasteiger partial charge in [-0.1, -0.05) is 5.16 Å². The Labute approximate surface area is 116 Å². The molecule has 8 heteroatoms. The molecule has 1 atom stereocenters. The summed E-state index contributed by atoms with van der Waals surface area (Å²) in [6.07, 6.45) is 0.549. The highest BCUT2D eigenvalue weighted by Crippen LogP contribution is 2.07. The number of aromatic nitrogens is 1. The molecule has 2 rings (SSSR count). The summed E-state index contributed by atoms with van der Waals surface area (Å²) in [4.78, 5) is 22.7. The van der Waals surface area contributed by atoms with Gasteiger partial charge < -0.3 is 25.2 Å². The maximum atomic E-state index is 11.5. The summed E-state index contributed by atoms with van der Waals surface area (Å²) in [7, 11) is 1.50. The van der Waals surface area contributed by atoms with Crippen molar-refractivity contribution in [3.8, 4) is 0 Å². The maximum Gasteiger partial charge on any atom is 0.407 e. The van der Waals surface area contributed by atoms with Crippen molar-refractivity contribution in [2.24, 2.45) is 5.92 Å². The highest BCUT2D eigenvalue weighted by atomic mass is 16.6. The van der Waals surface area contributed by atoms with Crippen molar-refractivity contribution in [1.82, 2.24) is 21.1 Å². The predicted molar refractivity (Wildman–Crippen MR) is 69.1 cm³/mol. The van der Waals surface area contributed by atoms with Crippen molar-refractivity contribution in [2.45, 2.75) is 13.0 Å². The van der Waals surface area contributed by atoms with Gasteiger partial charge in [0.2, 0.25) is 0 Å². The molecule has 2 heterocycles. The summed E-state index contributed by atoms with van der Waals surface area (Å²) in [5, 5.41) is 11.9. The molecular formula is C12H18N4O4. The topological polar surface area (TPSA) is 105 Å². The summed E-state index contributed by atoms with van der Waals surface area (Å²) in [6, 6.07) is 1.44. The van der Waals surface area contributed by atoms with Gasteiger partial charge in [0.1, 0.15) is 0 Å². The second-order valence-electron chi connectivity index (χ2n) is 4.57. The van der Waals surface area contributed by atoms with Gasteiger partial charge in [-0.25, -0.2) is 4.79 Å². The molecule has 110 valence electrons. The first-order chi connectivity index (χ1) is 9.69. The van der Waals surface area contributed by atoms with Gasteiger partial charge >= 0.3 is 6.09 Å². The minimum atomic E-state index is -0.505. The second kappa shape index (κ2) is 6.90. The lowest BCUT2D eigenvalue weighted by molar-refractivity contribution is 0.0952. The minimum Gasteiger partial charge on any atom is -0.441 e. The van der Waals surface area contributed by atoms with Crippen molar-refractivity contribution in [2.75, 3.05) is 26.7 Å². The van der Waals surface area contributed by atoms with E-state index >= 15 is 0 Å². The molecule has 3 N–H and O–H groups in total. The average molecular weight is 282 g/mol. The van der Waals surface area contributed by atoms with E-state index in [4.69, 9.17) is 9.26 Å². The molecule has 0 radical (unpaired) electrons. The lowest BCUT2D eigenvalue weighted by Gasteiger charge is -2.09. The zero-order valence-electron chi connectivity index (χ0n) is 11.3. The van der Waals surface area contributed by atoms with E-state index in [1.54, 1.807) is 0 Å². The van der Waals surface area contributed by atoms with E-state index in [0.717, 1.165) is 19.5 Å². The molecule has 1 fully saturated rings. The summed E-state index contributed by atoms with van der Waals surface area (Å²) in [6.45, 7) is 2.43. The van der Waals surface area contributed by atoms with Crippen LogP contribution >= 0.6 is 0 Å². The number of carbonyl (C=O) groups is 2. The van der Waals surface area contributed by atoms with Gasteiger partial charge in [-0.3, -0.25) is 4.79 Å². The van der Waals surface area contributed by atoms with E-state index in [-0.39, 0.29) is 18.2 Å². The SMILES string of the molecule is CNC(=O)c1cc(COC(=O)NCC2CCNC2)on1. The third-order valence-electron chi connectivity index (χ3n) is 3.06. The fourth-order valence-corrected chi connectivity index (χ4v) is 1.92. The molecule has 1 saturated heterocycles. The number of nitrogens with one attached hydrogen (secondary N) is 3. The third kappa shape index (κ3) is 3.95. The van der Waals surface area contributed by atoms with Crippen molar-refractivity contribution in [3.05, 3.63) is 17.5 Å². The molecule has 0 aliphatic carbocycles. The Morgan fingerprint density at radius 3 is 3.15 bits per heavy atom. The summed E-state index contributed by atoms with van der Waals surface area (Å²) in [5.74, 6) is 0.423. The van der Waals surface area contributed by atoms with E-state index in [0.29, 0.717) is 18.2 Å². The average Bonchev–Trinajstić information content (AvgIpc) is 3.13. The first-order valence-corrected chi connectivity index (χ1v) is 6.48. The van der Waals surface area contributed by atoms with E-state index in [1.807, 2.05) is 0 Å². The van der Waals surface area contributed by atoms with Gasteiger partial charge in [0, 0.05) is 19.7 Å². The lowest BCUT2D eigenvalue weighted by Crippen LogP contribution is -2.30. The van der Waals surface area contributed by atoms with Crippen LogP contribution in [0.15, 0.2) is 10.6 Å². The van der Waals surface area contributed by atoms with Crippen LogP contribution in [0.4, 0.5) is 4.79 Å². The summed E-state index contributed by atoms with van der Waals surface area (Å²) >= 11 is 0. The fraction of sp³-hybridized carbons (Fsp3) is 0.583. The number of ether oxygens (including phenoxy) is 1. The number of amides is 2. The van der Waals surface area contributed by atoms with Crippen LogP contribution in [0.25, 0.3) is 0 Å². The molecule has 0 aromatic carbocycles. The van der Waals surface area contributed by atoms with E-state index in [9.17, 15) is 9.59 Å². The van der Waals surface area contributed by atoms with Crippen LogP contribution in [-0.2, 0) is 11.3 Å². The monoisotopic (exact) mass is 282 g/mol. The van der Waals surface area contributed by atoms with Crippen LogP contribution in [0.5, 0.6) is 0 Å². The molecule has 1 aromatic heterocycles. The van der Waals surface area contributed by atoms with Crippen molar-refractivity contribution in [3.63, 3.8) is 0 Å². The van der Waals surface area contributed by atoms with Crippen LogP contribution in [0.2, 0.25) is 0 Å². The first-order valence-electron chi connectivity index (χ1n) is 6.48. The van der Waals surface area contributed by atoms with Crippen LogP contribution in [0, 0.1) is 5.92 Å². The Morgan fingerprint density at radius 1 is 1.60 bits per heavy atom. The molecule has 1 unspecified atom stereocenters. The largest absolute Gasteiger partial charge is 0.441 e. The molecule has 1 aliphatic heterocycles. The van der Waals surface area contributed by atoms with Gasteiger partial charge in [0.15, 0.2) is 18.1 Å². The molecule has 8 nitrogen and oxygen atoms in total. The Kier molecular flexibility index (Phi) is 4.94. The zero-order chi connectivity index (χ0) is 14.4. The lowest BCUT2D eigenvalue weighted by atomic mass is 10.1. The van der Waals surface area contributed by atoms with E-state index in [2.05, 4.69) is 21.1 Å². The summed E-state index contributed by atoms with van der Waals surface area (Å²) in [5.41, 5.74) is 0.156. The Balaban J connectivity index is 1.69. The molecule has 0 spiro atoms. The number of hydrogen-bond donors (Lipinski definition) is 3. The van der Waals surface area contributed by atoms with Gasteiger partial charge in [0.25, 0.3) is 5.91 Å². The smallest absolute Gasteiger partial charge is 0.407 e. The number of hydrogen-bond acceptors (Lipinski definition) is 6. The molecular weight excluding hydrogens is 264 g/mol. The standard InChI is InChI=1S/C12H18N4O4/c1-13-11(17)10-4-9(20-16-10)7-19-12(18)15-6-8-2-3-14-5-8/h4,8,14H,2-3,5-7H2,1H3,(H,13,17)(H,15,18). The van der Waals surface area contributed by atoms with Crippen LogP contribution in [0.3, 0.4) is 0 Å². The number of carbonyl (C=O) groups excluding carboxylic acids is 2. The highest BCUT2D eigenvalue weighted by Gasteiger charge is 2.16. The van der Waals surface area contributed by atoms with E-state index in [1.165, 1.54) is 13.1 Å². The zero-order valence-corrected chi connectivity index (χ0v) is 11.3. The van der Waals surface area contributed by atoms with Gasteiger partial charge in [-0.15, -0.1) is 0 Å². The summed E-state index contributed by atoms with van der Waals surface area (Å²) < 4.78 is 9.87. The third-order valence-corrected chi connectivity index (χ3v) is 3.06. The molecule has 20 heavy (non-hydrogen) atoms. The normalized spacial score (nSPS) is 17.8. The minimum absolute atomic E-state index is 0.0568. The molecule has 1 aromatic rings. The fourth-order valence-electron chi connectivity index (χ4n) is 1.92. The first kappa shape index (κ1) is 14.3. The Bertz CT molecular complexity index is 468. The van der Waals surface area contributed by atoms with Gasteiger partial charge in [-0.2, -0.15) is 0 Å². The van der Waals surface area contributed by atoms with Gasteiger partial charge in [-0.05, 0) is 25.4 Å². The van der Waals surface area contributed by atoms with Crippen molar-refractivity contribution < 1.29 is 18.8 Å². The predicted octanol–water partition coefficient (Wildman–Crippen LogP) is -0.130. The second-order valence-corrected chi connectivity index (χ2v) is 4.57. The van der Waals surface area contributed by atoms with Crippen molar-refractivity contribution in [1.29, 1.82) is 0 Å². The molecule has 0 bridgehead atoms. The number of rotatable bonds is 5. The number of alkyl carbamates (subject to hydrolysis) is 1. The molecule has 2 amide bonds. The van der Waals surface area contributed by atoms with E-state index < -0.39 is 6.09 Å². The molecule has 1 aliphatic rings. The highest BCUT2D eigenvalue weighted by molar-refractivity contribution is 5.91. The number of nitrogens with zero attached hydrogens (tertiary/aromatic N) is 1.